The highest BCUT2D eigenvalue weighted by molar-refractivity contribution is 5.42. The maximum absolute atomic E-state index is 13.3. The van der Waals surface area contributed by atoms with Gasteiger partial charge in [-0.1, -0.05) is 0 Å². The van der Waals surface area contributed by atoms with Crippen molar-refractivity contribution in [1.29, 1.82) is 0 Å². The fourth-order valence-corrected chi connectivity index (χ4v) is 2.17. The minimum Gasteiger partial charge on any atom is -0.508 e. The van der Waals surface area contributed by atoms with Gasteiger partial charge in [0.2, 0.25) is 0 Å². The third-order valence-electron chi connectivity index (χ3n) is 3.08. The number of benzene rings is 1. The molecule has 1 saturated heterocycles. The van der Waals surface area contributed by atoms with Crippen molar-refractivity contribution in [3.05, 3.63) is 23.5 Å². The summed E-state index contributed by atoms with van der Waals surface area (Å²) in [6, 6.07) is 2.75. The summed E-state index contributed by atoms with van der Waals surface area (Å²) in [6.45, 7) is 1.87. The SMILES string of the molecule is COc1cc(C2CCNCC2)c(O)cc1F. The van der Waals surface area contributed by atoms with Crippen LogP contribution < -0.4 is 10.1 Å². The number of ether oxygens (including phenoxy) is 1. The van der Waals surface area contributed by atoms with Crippen LogP contribution in [0.25, 0.3) is 0 Å². The summed E-state index contributed by atoms with van der Waals surface area (Å²) in [4.78, 5) is 0. The van der Waals surface area contributed by atoms with Crippen molar-refractivity contribution in [1.82, 2.24) is 5.32 Å². The van der Waals surface area contributed by atoms with Gasteiger partial charge in [0, 0.05) is 11.6 Å². The van der Waals surface area contributed by atoms with E-state index >= 15 is 0 Å². The molecule has 88 valence electrons. The average molecular weight is 225 g/mol. The molecular weight excluding hydrogens is 209 g/mol. The topological polar surface area (TPSA) is 41.5 Å². The molecule has 1 aromatic carbocycles. The zero-order valence-corrected chi connectivity index (χ0v) is 9.29. The fraction of sp³-hybridized carbons (Fsp3) is 0.500. The van der Waals surface area contributed by atoms with Gasteiger partial charge >= 0.3 is 0 Å². The van der Waals surface area contributed by atoms with Gasteiger partial charge in [-0.2, -0.15) is 0 Å². The van der Waals surface area contributed by atoms with E-state index in [0.717, 1.165) is 37.6 Å². The van der Waals surface area contributed by atoms with Gasteiger partial charge in [0.1, 0.15) is 5.75 Å². The van der Waals surface area contributed by atoms with Crippen molar-refractivity contribution in [2.24, 2.45) is 0 Å². The lowest BCUT2D eigenvalue weighted by Crippen LogP contribution is -2.26. The molecule has 0 aliphatic carbocycles. The van der Waals surface area contributed by atoms with Crippen LogP contribution in [0, 0.1) is 5.82 Å². The molecular formula is C12H16FNO2. The second-order valence-corrected chi connectivity index (χ2v) is 4.07. The van der Waals surface area contributed by atoms with Crippen molar-refractivity contribution < 1.29 is 14.2 Å². The Labute approximate surface area is 94.2 Å². The molecule has 4 heteroatoms. The van der Waals surface area contributed by atoms with E-state index in [1.807, 2.05) is 0 Å². The Balaban J connectivity index is 2.31. The monoisotopic (exact) mass is 225 g/mol. The number of halogens is 1. The molecule has 1 fully saturated rings. The third-order valence-corrected chi connectivity index (χ3v) is 3.08. The Morgan fingerprint density at radius 2 is 2.06 bits per heavy atom. The Hall–Kier alpha value is -1.29. The Kier molecular flexibility index (Phi) is 3.29. The van der Waals surface area contributed by atoms with Gasteiger partial charge in [0.05, 0.1) is 7.11 Å². The minimum absolute atomic E-state index is 0.0326. The maximum atomic E-state index is 13.3. The fourth-order valence-electron chi connectivity index (χ4n) is 2.17. The van der Waals surface area contributed by atoms with E-state index in [4.69, 9.17) is 4.74 Å². The average Bonchev–Trinajstić information content (AvgIpc) is 2.30. The van der Waals surface area contributed by atoms with Gasteiger partial charge in [-0.25, -0.2) is 4.39 Å². The molecule has 1 heterocycles. The number of hydrogen-bond acceptors (Lipinski definition) is 3. The van der Waals surface area contributed by atoms with Crippen LogP contribution in [0.1, 0.15) is 24.3 Å². The highest BCUT2D eigenvalue weighted by Gasteiger charge is 2.20. The normalized spacial score (nSPS) is 17.4. The first-order valence-corrected chi connectivity index (χ1v) is 5.49. The highest BCUT2D eigenvalue weighted by Crippen LogP contribution is 2.35. The van der Waals surface area contributed by atoms with E-state index in [-0.39, 0.29) is 17.4 Å². The Morgan fingerprint density at radius 1 is 1.38 bits per heavy atom. The number of phenolic OH excluding ortho intramolecular Hbond substituents is 1. The van der Waals surface area contributed by atoms with Gasteiger partial charge < -0.3 is 15.2 Å². The van der Waals surface area contributed by atoms with E-state index in [1.54, 1.807) is 6.07 Å². The van der Waals surface area contributed by atoms with Crippen LogP contribution in [0.3, 0.4) is 0 Å². The van der Waals surface area contributed by atoms with Crippen molar-refractivity contribution >= 4 is 0 Å². The summed E-state index contributed by atoms with van der Waals surface area (Å²) < 4.78 is 18.2. The number of methoxy groups -OCH3 is 1. The van der Waals surface area contributed by atoms with Gasteiger partial charge in [-0.3, -0.25) is 0 Å². The van der Waals surface area contributed by atoms with E-state index in [1.165, 1.54) is 7.11 Å². The predicted molar refractivity (Wildman–Crippen MR) is 59.5 cm³/mol. The number of rotatable bonds is 2. The van der Waals surface area contributed by atoms with Crippen LogP contribution in [-0.2, 0) is 0 Å². The molecule has 0 unspecified atom stereocenters. The van der Waals surface area contributed by atoms with E-state index < -0.39 is 5.82 Å². The van der Waals surface area contributed by atoms with Crippen LogP contribution in [0.5, 0.6) is 11.5 Å². The largest absolute Gasteiger partial charge is 0.508 e. The molecule has 0 spiro atoms. The molecule has 1 aliphatic heterocycles. The molecule has 0 aromatic heterocycles. The highest BCUT2D eigenvalue weighted by atomic mass is 19.1. The maximum Gasteiger partial charge on any atom is 0.168 e. The first-order valence-electron chi connectivity index (χ1n) is 5.49. The van der Waals surface area contributed by atoms with Crippen molar-refractivity contribution in [2.45, 2.75) is 18.8 Å². The number of phenols is 1. The smallest absolute Gasteiger partial charge is 0.168 e. The molecule has 0 saturated carbocycles. The molecule has 16 heavy (non-hydrogen) atoms. The molecule has 0 bridgehead atoms. The lowest BCUT2D eigenvalue weighted by atomic mass is 9.89. The summed E-state index contributed by atoms with van der Waals surface area (Å²) in [5.41, 5.74) is 0.791. The Bertz CT molecular complexity index is 376. The number of piperidine rings is 1. The quantitative estimate of drug-likeness (QED) is 0.809. The summed E-state index contributed by atoms with van der Waals surface area (Å²) in [6.07, 6.45) is 1.92. The molecule has 0 radical (unpaired) electrons. The summed E-state index contributed by atoms with van der Waals surface area (Å²) in [5, 5.41) is 13.0. The van der Waals surface area contributed by atoms with Crippen LogP contribution in [-0.4, -0.2) is 25.3 Å². The van der Waals surface area contributed by atoms with Crippen LogP contribution in [0.4, 0.5) is 4.39 Å². The molecule has 2 N–H and O–H groups in total. The minimum atomic E-state index is -0.516. The molecule has 1 aromatic rings. The van der Waals surface area contributed by atoms with Gasteiger partial charge in [-0.05, 0) is 37.9 Å². The molecule has 0 amide bonds. The Morgan fingerprint density at radius 3 is 2.69 bits per heavy atom. The molecule has 0 atom stereocenters. The molecule has 1 aliphatic rings. The first-order chi connectivity index (χ1) is 7.72. The first kappa shape index (κ1) is 11.2. The van der Waals surface area contributed by atoms with Crippen molar-refractivity contribution in [3.8, 4) is 11.5 Å². The summed E-state index contributed by atoms with van der Waals surface area (Å²) >= 11 is 0. The van der Waals surface area contributed by atoms with Gasteiger partial charge in [0.15, 0.2) is 11.6 Å². The second-order valence-electron chi connectivity index (χ2n) is 4.07. The van der Waals surface area contributed by atoms with E-state index in [0.29, 0.717) is 0 Å². The van der Waals surface area contributed by atoms with Gasteiger partial charge in [-0.15, -0.1) is 0 Å². The van der Waals surface area contributed by atoms with Crippen LogP contribution in [0.2, 0.25) is 0 Å². The lowest BCUT2D eigenvalue weighted by molar-refractivity contribution is 0.375. The van der Waals surface area contributed by atoms with E-state index in [2.05, 4.69) is 5.32 Å². The van der Waals surface area contributed by atoms with Crippen molar-refractivity contribution in [2.75, 3.05) is 20.2 Å². The number of nitrogens with one attached hydrogen (secondary N) is 1. The van der Waals surface area contributed by atoms with Crippen LogP contribution in [0.15, 0.2) is 12.1 Å². The van der Waals surface area contributed by atoms with Crippen LogP contribution >= 0.6 is 0 Å². The summed E-state index contributed by atoms with van der Waals surface area (Å²) in [5.74, 6) is 0.00460. The number of hydrogen-bond donors (Lipinski definition) is 2. The lowest BCUT2D eigenvalue weighted by Gasteiger charge is -2.24. The second kappa shape index (κ2) is 4.70. The summed E-state index contributed by atoms with van der Waals surface area (Å²) in [7, 11) is 1.43. The number of aromatic hydroxyl groups is 1. The standard InChI is InChI=1S/C12H16FNO2/c1-16-12-6-9(11(15)7-10(12)13)8-2-4-14-5-3-8/h6-8,14-15H,2-5H2,1H3. The zero-order valence-electron chi connectivity index (χ0n) is 9.29. The van der Waals surface area contributed by atoms with E-state index in [9.17, 15) is 9.50 Å². The van der Waals surface area contributed by atoms with Gasteiger partial charge in [0.25, 0.3) is 0 Å². The third kappa shape index (κ3) is 2.11. The zero-order chi connectivity index (χ0) is 11.5. The molecule has 2 rings (SSSR count). The van der Waals surface area contributed by atoms with Crippen molar-refractivity contribution in [3.63, 3.8) is 0 Å². The predicted octanol–water partition coefficient (Wildman–Crippen LogP) is 2.01. The molecule has 3 nitrogen and oxygen atoms in total.